The van der Waals surface area contributed by atoms with E-state index in [0.29, 0.717) is 16.9 Å². The van der Waals surface area contributed by atoms with Crippen LogP contribution in [-0.4, -0.2) is 23.5 Å². The van der Waals surface area contributed by atoms with Crippen LogP contribution in [0.5, 0.6) is 0 Å². The number of thioether (sulfide) groups is 1. The van der Waals surface area contributed by atoms with E-state index in [-0.39, 0.29) is 22.4 Å². The number of hydrogen-bond donors (Lipinski definition) is 3. The first-order valence-electron chi connectivity index (χ1n) is 12.2. The molecule has 0 spiro atoms. The van der Waals surface area contributed by atoms with Crippen LogP contribution in [0, 0.1) is 12.7 Å². The first-order chi connectivity index (χ1) is 19.3. The minimum atomic E-state index is -0.558. The Labute approximate surface area is 240 Å². The zero-order chi connectivity index (χ0) is 28.5. The highest BCUT2D eigenvalue weighted by molar-refractivity contribution is 8.00. The van der Waals surface area contributed by atoms with Crippen molar-refractivity contribution in [2.24, 2.45) is 0 Å². The first-order valence-corrected chi connectivity index (χ1v) is 13.6. The van der Waals surface area contributed by atoms with Crippen molar-refractivity contribution in [1.82, 2.24) is 5.32 Å². The van der Waals surface area contributed by atoms with Gasteiger partial charge >= 0.3 is 0 Å². The van der Waals surface area contributed by atoms with Crippen molar-refractivity contribution >= 4 is 58.5 Å². The standard InChI is InChI=1S/C31H25ClFN3O3S/c1-20-7-9-21(10-8-20)17-28(36-30(38)22-5-3-2-4-6-22)31(39)35-23-11-14-25(15-12-23)40-19-29(37)34-24-13-16-27(33)26(32)18-24/h2-18H,19H2,1H3,(H,34,37)(H,35,39)(H,36,38)/b28-17-. The SMILES string of the molecule is Cc1ccc(/C=C(\NC(=O)c2ccccc2)C(=O)Nc2ccc(SCC(=O)Nc3ccc(F)c(Cl)c3)cc2)cc1. The van der Waals surface area contributed by atoms with E-state index in [9.17, 15) is 18.8 Å². The molecule has 40 heavy (non-hydrogen) atoms. The first kappa shape index (κ1) is 28.6. The topological polar surface area (TPSA) is 87.3 Å². The van der Waals surface area contributed by atoms with Crippen molar-refractivity contribution < 1.29 is 18.8 Å². The minimum Gasteiger partial charge on any atom is -0.325 e. The van der Waals surface area contributed by atoms with Gasteiger partial charge in [0.1, 0.15) is 11.5 Å². The van der Waals surface area contributed by atoms with Gasteiger partial charge in [-0.2, -0.15) is 0 Å². The monoisotopic (exact) mass is 573 g/mol. The predicted molar refractivity (Wildman–Crippen MR) is 159 cm³/mol. The second-order valence-electron chi connectivity index (χ2n) is 8.73. The lowest BCUT2D eigenvalue weighted by atomic mass is 10.1. The smallest absolute Gasteiger partial charge is 0.272 e. The Morgan fingerprint density at radius 2 is 1.52 bits per heavy atom. The Morgan fingerprint density at radius 1 is 0.850 bits per heavy atom. The Morgan fingerprint density at radius 3 is 2.20 bits per heavy atom. The highest BCUT2D eigenvalue weighted by atomic mass is 35.5. The summed E-state index contributed by atoms with van der Waals surface area (Å²) < 4.78 is 13.3. The maximum Gasteiger partial charge on any atom is 0.272 e. The van der Waals surface area contributed by atoms with Crippen molar-refractivity contribution in [3.05, 3.63) is 130 Å². The fourth-order valence-corrected chi connectivity index (χ4v) is 4.40. The van der Waals surface area contributed by atoms with Crippen molar-refractivity contribution in [3.8, 4) is 0 Å². The van der Waals surface area contributed by atoms with Crippen LogP contribution in [0.4, 0.5) is 15.8 Å². The zero-order valence-corrected chi connectivity index (χ0v) is 23.0. The molecule has 9 heteroatoms. The Bertz CT molecular complexity index is 1540. The molecule has 3 N–H and O–H groups in total. The van der Waals surface area contributed by atoms with Crippen LogP contribution < -0.4 is 16.0 Å². The molecule has 202 valence electrons. The summed E-state index contributed by atoms with van der Waals surface area (Å²) in [6.45, 7) is 1.97. The summed E-state index contributed by atoms with van der Waals surface area (Å²) in [7, 11) is 0. The molecule has 0 aliphatic rings. The molecule has 0 radical (unpaired) electrons. The van der Waals surface area contributed by atoms with Crippen LogP contribution in [0.1, 0.15) is 21.5 Å². The van der Waals surface area contributed by atoms with Gasteiger partial charge in [-0.15, -0.1) is 11.8 Å². The van der Waals surface area contributed by atoms with Crippen LogP contribution in [0.2, 0.25) is 5.02 Å². The van der Waals surface area contributed by atoms with Gasteiger partial charge < -0.3 is 16.0 Å². The van der Waals surface area contributed by atoms with Crippen molar-refractivity contribution in [2.75, 3.05) is 16.4 Å². The van der Waals surface area contributed by atoms with Crippen LogP contribution >= 0.6 is 23.4 Å². The Kier molecular flexibility index (Phi) is 9.72. The molecule has 0 aromatic heterocycles. The van der Waals surface area contributed by atoms with Gasteiger partial charge in [-0.3, -0.25) is 14.4 Å². The number of hydrogen-bond acceptors (Lipinski definition) is 4. The quantitative estimate of drug-likeness (QED) is 0.150. The molecule has 0 bridgehead atoms. The average molecular weight is 574 g/mol. The molecule has 0 aliphatic carbocycles. The number of carbonyl (C=O) groups is 3. The molecule has 0 fully saturated rings. The van der Waals surface area contributed by atoms with E-state index >= 15 is 0 Å². The second-order valence-corrected chi connectivity index (χ2v) is 10.2. The molecule has 0 saturated heterocycles. The highest BCUT2D eigenvalue weighted by Crippen LogP contribution is 2.23. The molecule has 3 amide bonds. The maximum absolute atomic E-state index is 13.3. The number of carbonyl (C=O) groups excluding carboxylic acids is 3. The molecule has 4 aromatic carbocycles. The van der Waals surface area contributed by atoms with Gasteiger partial charge in [-0.1, -0.05) is 59.6 Å². The molecule has 0 atom stereocenters. The van der Waals surface area contributed by atoms with Gasteiger partial charge in [0.15, 0.2) is 0 Å². The molecule has 0 heterocycles. The fourth-order valence-electron chi connectivity index (χ4n) is 3.52. The van der Waals surface area contributed by atoms with Crippen LogP contribution in [-0.2, 0) is 9.59 Å². The van der Waals surface area contributed by atoms with Gasteiger partial charge in [0, 0.05) is 21.8 Å². The van der Waals surface area contributed by atoms with Crippen LogP contribution in [0.15, 0.2) is 108 Å². The number of nitrogens with one attached hydrogen (secondary N) is 3. The highest BCUT2D eigenvalue weighted by Gasteiger charge is 2.15. The predicted octanol–water partition coefficient (Wildman–Crippen LogP) is 6.93. The largest absolute Gasteiger partial charge is 0.325 e. The summed E-state index contributed by atoms with van der Waals surface area (Å²) >= 11 is 7.05. The summed E-state index contributed by atoms with van der Waals surface area (Å²) in [4.78, 5) is 39.0. The molecular formula is C31H25ClFN3O3S. The summed E-state index contributed by atoms with van der Waals surface area (Å²) in [6.07, 6.45) is 1.62. The minimum absolute atomic E-state index is 0.0698. The molecular weight excluding hydrogens is 549 g/mol. The third-order valence-corrected chi connectivity index (χ3v) is 6.90. The average Bonchev–Trinajstić information content (AvgIpc) is 2.96. The van der Waals surface area contributed by atoms with Gasteiger partial charge in [0.2, 0.25) is 5.91 Å². The van der Waals surface area contributed by atoms with Crippen molar-refractivity contribution in [2.45, 2.75) is 11.8 Å². The summed E-state index contributed by atoms with van der Waals surface area (Å²) in [5.41, 5.74) is 3.28. The second kappa shape index (κ2) is 13.6. The molecule has 0 aliphatic heterocycles. The number of halogens is 2. The third kappa shape index (κ3) is 8.30. The lowest BCUT2D eigenvalue weighted by molar-refractivity contribution is -0.114. The van der Waals surface area contributed by atoms with E-state index < -0.39 is 17.6 Å². The van der Waals surface area contributed by atoms with Gasteiger partial charge in [-0.25, -0.2) is 4.39 Å². The third-order valence-electron chi connectivity index (χ3n) is 5.60. The molecule has 4 aromatic rings. The fraction of sp³-hybridized carbons (Fsp3) is 0.0645. The number of aryl methyl sites for hydroxylation is 1. The number of rotatable bonds is 9. The molecule has 6 nitrogen and oxygen atoms in total. The molecule has 0 unspecified atom stereocenters. The van der Waals surface area contributed by atoms with Crippen molar-refractivity contribution in [1.29, 1.82) is 0 Å². The van der Waals surface area contributed by atoms with Gasteiger partial charge in [0.25, 0.3) is 11.8 Å². The lowest BCUT2D eigenvalue weighted by Gasteiger charge is -2.12. The van der Waals surface area contributed by atoms with E-state index in [1.807, 2.05) is 37.3 Å². The Balaban J connectivity index is 1.39. The van der Waals surface area contributed by atoms with Crippen LogP contribution in [0.3, 0.4) is 0 Å². The lowest BCUT2D eigenvalue weighted by Crippen LogP contribution is -2.30. The van der Waals surface area contributed by atoms with E-state index in [4.69, 9.17) is 11.6 Å². The van der Waals surface area contributed by atoms with E-state index in [2.05, 4.69) is 16.0 Å². The van der Waals surface area contributed by atoms with E-state index in [0.717, 1.165) is 16.0 Å². The maximum atomic E-state index is 13.3. The number of anilines is 2. The van der Waals surface area contributed by atoms with E-state index in [1.54, 1.807) is 54.6 Å². The number of benzene rings is 4. The molecule has 0 saturated carbocycles. The molecule has 4 rings (SSSR count). The van der Waals surface area contributed by atoms with Gasteiger partial charge in [-0.05, 0) is 73.2 Å². The Hall–Kier alpha value is -4.40. The summed E-state index contributed by atoms with van der Waals surface area (Å²) in [5, 5.41) is 8.13. The summed E-state index contributed by atoms with van der Waals surface area (Å²) in [6, 6.07) is 27.2. The van der Waals surface area contributed by atoms with Crippen LogP contribution in [0.25, 0.3) is 6.08 Å². The summed E-state index contributed by atoms with van der Waals surface area (Å²) in [5.74, 6) is -1.59. The zero-order valence-electron chi connectivity index (χ0n) is 21.4. The normalized spacial score (nSPS) is 11.0. The number of amides is 3. The van der Waals surface area contributed by atoms with Crippen molar-refractivity contribution in [3.63, 3.8) is 0 Å². The van der Waals surface area contributed by atoms with E-state index in [1.165, 1.54) is 30.0 Å². The van der Waals surface area contributed by atoms with Gasteiger partial charge in [0.05, 0.1) is 10.8 Å².